The number of amides is 1. The largest absolute Gasteiger partial charge is 0.508 e. The van der Waals surface area contributed by atoms with Crippen LogP contribution in [0.5, 0.6) is 5.75 Å². The molecule has 2 aromatic carbocycles. The monoisotopic (exact) mass is 292 g/mol. The Balaban J connectivity index is 1.97. The summed E-state index contributed by atoms with van der Waals surface area (Å²) in [5.41, 5.74) is 5.35. The minimum Gasteiger partial charge on any atom is -0.508 e. The van der Waals surface area contributed by atoms with Crippen molar-refractivity contribution in [3.8, 4) is 5.75 Å². The van der Waals surface area contributed by atoms with Crippen LogP contribution in [0, 0.1) is 11.6 Å². The van der Waals surface area contributed by atoms with E-state index in [4.69, 9.17) is 10.8 Å². The van der Waals surface area contributed by atoms with Crippen molar-refractivity contribution in [3.63, 3.8) is 0 Å². The maximum Gasteiger partial charge on any atom is 0.254 e. The zero-order chi connectivity index (χ0) is 15.4. The molecule has 0 saturated carbocycles. The molecule has 0 unspecified atom stereocenters. The molecule has 6 heteroatoms. The summed E-state index contributed by atoms with van der Waals surface area (Å²) >= 11 is 0. The number of phenolic OH excluding ortho intramolecular Hbond substituents is 1. The SMILES string of the molecule is Nc1cc(F)cc(C(=O)NCCc2ccc(O)cc2)c1F. The van der Waals surface area contributed by atoms with Crippen molar-refractivity contribution in [1.29, 1.82) is 0 Å². The second-order valence-electron chi connectivity index (χ2n) is 4.53. The molecule has 0 atom stereocenters. The molecular formula is C15H14F2N2O2. The summed E-state index contributed by atoms with van der Waals surface area (Å²) in [6.45, 7) is 0.249. The number of rotatable bonds is 4. The molecule has 0 fully saturated rings. The molecule has 2 aromatic rings. The van der Waals surface area contributed by atoms with Crippen LogP contribution in [0.4, 0.5) is 14.5 Å². The molecule has 110 valence electrons. The van der Waals surface area contributed by atoms with Crippen molar-refractivity contribution in [1.82, 2.24) is 5.32 Å². The van der Waals surface area contributed by atoms with E-state index in [-0.39, 0.29) is 12.3 Å². The van der Waals surface area contributed by atoms with E-state index in [9.17, 15) is 13.6 Å². The fraction of sp³-hybridized carbons (Fsp3) is 0.133. The van der Waals surface area contributed by atoms with E-state index in [0.717, 1.165) is 17.7 Å². The summed E-state index contributed by atoms with van der Waals surface area (Å²) in [7, 11) is 0. The number of halogens is 2. The average Bonchev–Trinajstić information content (AvgIpc) is 2.44. The second kappa shape index (κ2) is 6.21. The Labute approximate surface area is 120 Å². The topological polar surface area (TPSA) is 75.4 Å². The van der Waals surface area contributed by atoms with Gasteiger partial charge in [0.05, 0.1) is 11.3 Å². The van der Waals surface area contributed by atoms with E-state index < -0.39 is 28.8 Å². The summed E-state index contributed by atoms with van der Waals surface area (Å²) in [6.07, 6.45) is 0.498. The zero-order valence-electron chi connectivity index (χ0n) is 11.1. The summed E-state index contributed by atoms with van der Waals surface area (Å²) in [5.74, 6) is -2.27. The van der Waals surface area contributed by atoms with Gasteiger partial charge in [0.1, 0.15) is 11.6 Å². The molecule has 2 rings (SSSR count). The van der Waals surface area contributed by atoms with Gasteiger partial charge in [-0.3, -0.25) is 4.79 Å². The van der Waals surface area contributed by atoms with Gasteiger partial charge in [-0.2, -0.15) is 0 Å². The summed E-state index contributed by atoms with van der Waals surface area (Å²) < 4.78 is 26.8. The van der Waals surface area contributed by atoms with Crippen LogP contribution in [-0.2, 0) is 6.42 Å². The third kappa shape index (κ3) is 3.68. The normalized spacial score (nSPS) is 10.4. The number of benzene rings is 2. The molecule has 0 radical (unpaired) electrons. The van der Waals surface area contributed by atoms with Crippen LogP contribution in [0.2, 0.25) is 0 Å². The van der Waals surface area contributed by atoms with Crippen LogP contribution < -0.4 is 11.1 Å². The van der Waals surface area contributed by atoms with E-state index in [1.807, 2.05) is 0 Å². The lowest BCUT2D eigenvalue weighted by Crippen LogP contribution is -2.27. The van der Waals surface area contributed by atoms with Crippen molar-refractivity contribution in [2.24, 2.45) is 0 Å². The minimum absolute atomic E-state index is 0.153. The summed E-state index contributed by atoms with van der Waals surface area (Å²) in [5, 5.41) is 11.6. The standard InChI is InChI=1S/C15H14F2N2O2/c16-10-7-12(14(17)13(18)8-10)15(21)19-6-5-9-1-3-11(20)4-2-9/h1-4,7-8,20H,5-6,18H2,(H,19,21). The highest BCUT2D eigenvalue weighted by atomic mass is 19.1. The van der Waals surface area contributed by atoms with Gasteiger partial charge >= 0.3 is 0 Å². The molecule has 0 aliphatic heterocycles. The Morgan fingerprint density at radius 1 is 1.19 bits per heavy atom. The van der Waals surface area contributed by atoms with E-state index in [2.05, 4.69) is 5.32 Å². The number of nitrogens with one attached hydrogen (secondary N) is 1. The third-order valence-corrected chi connectivity index (χ3v) is 2.95. The smallest absolute Gasteiger partial charge is 0.254 e. The van der Waals surface area contributed by atoms with Crippen molar-refractivity contribution in [2.75, 3.05) is 12.3 Å². The number of nitrogen functional groups attached to an aromatic ring is 1. The maximum atomic E-state index is 13.6. The number of aromatic hydroxyl groups is 1. The molecule has 21 heavy (non-hydrogen) atoms. The number of carbonyl (C=O) groups is 1. The fourth-order valence-electron chi connectivity index (χ4n) is 1.85. The molecule has 0 bridgehead atoms. The van der Waals surface area contributed by atoms with Crippen LogP contribution >= 0.6 is 0 Å². The van der Waals surface area contributed by atoms with Crippen LogP contribution in [0.25, 0.3) is 0 Å². The van der Waals surface area contributed by atoms with Crippen LogP contribution in [0.15, 0.2) is 36.4 Å². The van der Waals surface area contributed by atoms with Crippen LogP contribution in [0.1, 0.15) is 15.9 Å². The number of phenols is 1. The number of carbonyl (C=O) groups excluding carboxylic acids is 1. The fourth-order valence-corrected chi connectivity index (χ4v) is 1.85. The van der Waals surface area contributed by atoms with Gasteiger partial charge in [0.25, 0.3) is 5.91 Å². The molecule has 0 aliphatic rings. The molecule has 4 nitrogen and oxygen atoms in total. The van der Waals surface area contributed by atoms with Crippen LogP contribution in [0.3, 0.4) is 0 Å². The number of hydrogen-bond donors (Lipinski definition) is 3. The molecular weight excluding hydrogens is 278 g/mol. The van der Waals surface area contributed by atoms with Gasteiger partial charge in [-0.1, -0.05) is 12.1 Å². The van der Waals surface area contributed by atoms with Gasteiger partial charge < -0.3 is 16.2 Å². The first-order chi connectivity index (χ1) is 9.97. The Kier molecular flexibility index (Phi) is 4.37. The first kappa shape index (κ1) is 14.8. The minimum atomic E-state index is -0.932. The second-order valence-corrected chi connectivity index (χ2v) is 4.53. The van der Waals surface area contributed by atoms with E-state index in [0.29, 0.717) is 6.42 Å². The Morgan fingerprint density at radius 2 is 1.86 bits per heavy atom. The van der Waals surface area contributed by atoms with Gasteiger partial charge in [-0.15, -0.1) is 0 Å². The molecule has 0 aliphatic carbocycles. The van der Waals surface area contributed by atoms with Crippen molar-refractivity contribution >= 4 is 11.6 Å². The number of hydrogen-bond acceptors (Lipinski definition) is 3. The van der Waals surface area contributed by atoms with Gasteiger partial charge in [0, 0.05) is 6.54 Å². The van der Waals surface area contributed by atoms with Gasteiger partial charge in [-0.25, -0.2) is 8.78 Å². The molecule has 0 aromatic heterocycles. The van der Waals surface area contributed by atoms with Gasteiger partial charge in [0.15, 0.2) is 5.82 Å². The predicted octanol–water partition coefficient (Wildman–Crippen LogP) is 2.23. The average molecular weight is 292 g/mol. The van der Waals surface area contributed by atoms with E-state index in [1.165, 1.54) is 12.1 Å². The molecule has 0 spiro atoms. The first-order valence-electron chi connectivity index (χ1n) is 6.28. The van der Waals surface area contributed by atoms with Crippen molar-refractivity contribution in [3.05, 3.63) is 59.2 Å². The lowest BCUT2D eigenvalue weighted by molar-refractivity contribution is 0.0949. The van der Waals surface area contributed by atoms with Crippen molar-refractivity contribution in [2.45, 2.75) is 6.42 Å². The highest BCUT2D eigenvalue weighted by Gasteiger charge is 2.15. The summed E-state index contributed by atoms with van der Waals surface area (Å²) in [4.78, 5) is 11.8. The third-order valence-electron chi connectivity index (χ3n) is 2.95. The molecule has 0 heterocycles. The van der Waals surface area contributed by atoms with Crippen LogP contribution in [-0.4, -0.2) is 17.6 Å². The van der Waals surface area contributed by atoms with Gasteiger partial charge in [-0.05, 0) is 36.2 Å². The first-order valence-corrected chi connectivity index (χ1v) is 6.28. The number of anilines is 1. The molecule has 1 amide bonds. The number of nitrogens with two attached hydrogens (primary N) is 1. The lowest BCUT2D eigenvalue weighted by atomic mass is 10.1. The quantitative estimate of drug-likeness (QED) is 0.756. The zero-order valence-corrected chi connectivity index (χ0v) is 11.1. The molecule has 4 N–H and O–H groups in total. The Bertz CT molecular complexity index is 657. The van der Waals surface area contributed by atoms with Crippen molar-refractivity contribution < 1.29 is 18.7 Å². The highest BCUT2D eigenvalue weighted by Crippen LogP contribution is 2.17. The van der Waals surface area contributed by atoms with E-state index >= 15 is 0 Å². The molecule has 0 saturated heterocycles. The maximum absolute atomic E-state index is 13.6. The lowest BCUT2D eigenvalue weighted by Gasteiger charge is -2.08. The highest BCUT2D eigenvalue weighted by molar-refractivity contribution is 5.95. The predicted molar refractivity (Wildman–Crippen MR) is 74.9 cm³/mol. The Hall–Kier alpha value is -2.63. The van der Waals surface area contributed by atoms with Gasteiger partial charge in [0.2, 0.25) is 0 Å². The van der Waals surface area contributed by atoms with E-state index in [1.54, 1.807) is 12.1 Å². The Morgan fingerprint density at radius 3 is 2.52 bits per heavy atom. The summed E-state index contributed by atoms with van der Waals surface area (Å²) in [6, 6.07) is 8.11.